The minimum absolute atomic E-state index is 0.535. The summed E-state index contributed by atoms with van der Waals surface area (Å²) in [6.45, 7) is 7.85. The molecule has 0 saturated heterocycles. The van der Waals surface area contributed by atoms with Crippen molar-refractivity contribution in [3.05, 3.63) is 23.8 Å². The molecule has 0 fully saturated rings. The zero-order valence-corrected chi connectivity index (χ0v) is 11.2. The van der Waals surface area contributed by atoms with Crippen LogP contribution in [0.25, 0.3) is 0 Å². The van der Waals surface area contributed by atoms with E-state index in [4.69, 9.17) is 9.47 Å². The Morgan fingerprint density at radius 3 is 2.59 bits per heavy atom. The molecule has 3 heteroatoms. The third kappa shape index (κ3) is 4.27. The van der Waals surface area contributed by atoms with Crippen LogP contribution in [0.1, 0.15) is 32.8 Å². The number of hydrogen-bond donors (Lipinski definition) is 1. The average Bonchev–Trinajstić information content (AvgIpc) is 2.37. The molecular formula is C14H23NO2. The molecule has 0 amide bonds. The predicted octanol–water partition coefficient (Wildman–Crippen LogP) is 2.98. The van der Waals surface area contributed by atoms with E-state index in [1.54, 1.807) is 7.11 Å². The van der Waals surface area contributed by atoms with Crippen molar-refractivity contribution in [2.45, 2.75) is 39.8 Å². The van der Waals surface area contributed by atoms with E-state index in [2.05, 4.69) is 25.2 Å². The van der Waals surface area contributed by atoms with Crippen LogP contribution in [0.5, 0.6) is 11.5 Å². The second-order valence-corrected chi connectivity index (χ2v) is 4.11. The Balaban J connectivity index is 2.68. The third-order valence-corrected chi connectivity index (χ3v) is 2.79. The van der Waals surface area contributed by atoms with Gasteiger partial charge < -0.3 is 14.8 Å². The number of benzene rings is 1. The molecule has 0 unspecified atom stereocenters. The van der Waals surface area contributed by atoms with Crippen LogP contribution in [-0.2, 0) is 6.54 Å². The lowest BCUT2D eigenvalue weighted by Gasteiger charge is -2.14. The first-order valence-corrected chi connectivity index (χ1v) is 6.24. The van der Waals surface area contributed by atoms with Crippen molar-refractivity contribution in [3.8, 4) is 11.5 Å². The summed E-state index contributed by atoms with van der Waals surface area (Å²) in [6, 6.07) is 6.60. The summed E-state index contributed by atoms with van der Waals surface area (Å²) in [5, 5.41) is 3.45. The fourth-order valence-corrected chi connectivity index (χ4v) is 1.53. The third-order valence-electron chi connectivity index (χ3n) is 2.79. The van der Waals surface area contributed by atoms with Crippen molar-refractivity contribution >= 4 is 0 Å². The van der Waals surface area contributed by atoms with Crippen molar-refractivity contribution < 1.29 is 9.47 Å². The molecule has 1 atom stereocenters. The molecule has 0 aliphatic carbocycles. The van der Waals surface area contributed by atoms with Gasteiger partial charge in [0.1, 0.15) is 0 Å². The Kier molecular flexibility index (Phi) is 5.84. The normalized spacial score (nSPS) is 12.2. The van der Waals surface area contributed by atoms with E-state index in [0.717, 1.165) is 24.5 Å². The SMILES string of the molecule is CCOc1ccc(CN[C@H](C)CC)cc1OC. The van der Waals surface area contributed by atoms with Gasteiger partial charge in [-0.3, -0.25) is 0 Å². The lowest BCUT2D eigenvalue weighted by atomic mass is 10.2. The lowest BCUT2D eigenvalue weighted by Crippen LogP contribution is -2.24. The van der Waals surface area contributed by atoms with Crippen molar-refractivity contribution in [2.75, 3.05) is 13.7 Å². The van der Waals surface area contributed by atoms with E-state index in [1.807, 2.05) is 19.1 Å². The highest BCUT2D eigenvalue weighted by atomic mass is 16.5. The van der Waals surface area contributed by atoms with Gasteiger partial charge in [-0.1, -0.05) is 13.0 Å². The molecule has 1 aromatic carbocycles. The molecule has 0 spiro atoms. The maximum absolute atomic E-state index is 5.48. The number of methoxy groups -OCH3 is 1. The van der Waals surface area contributed by atoms with Crippen LogP contribution < -0.4 is 14.8 Å². The molecule has 1 N–H and O–H groups in total. The van der Waals surface area contributed by atoms with Gasteiger partial charge in [-0.15, -0.1) is 0 Å². The van der Waals surface area contributed by atoms with E-state index in [1.165, 1.54) is 5.56 Å². The molecule has 1 aromatic rings. The summed E-state index contributed by atoms with van der Waals surface area (Å²) in [5.41, 5.74) is 1.21. The Morgan fingerprint density at radius 2 is 2.00 bits per heavy atom. The van der Waals surface area contributed by atoms with E-state index in [0.29, 0.717) is 12.6 Å². The maximum Gasteiger partial charge on any atom is 0.161 e. The van der Waals surface area contributed by atoms with Gasteiger partial charge in [0.05, 0.1) is 13.7 Å². The van der Waals surface area contributed by atoms with Gasteiger partial charge >= 0.3 is 0 Å². The highest BCUT2D eigenvalue weighted by molar-refractivity contribution is 5.42. The van der Waals surface area contributed by atoms with E-state index >= 15 is 0 Å². The van der Waals surface area contributed by atoms with Crippen LogP contribution in [0.4, 0.5) is 0 Å². The van der Waals surface area contributed by atoms with Gasteiger partial charge in [0.2, 0.25) is 0 Å². The highest BCUT2D eigenvalue weighted by Gasteiger charge is 2.05. The molecule has 0 aliphatic rings. The number of nitrogens with one attached hydrogen (secondary N) is 1. The summed E-state index contributed by atoms with van der Waals surface area (Å²) in [7, 11) is 1.67. The number of hydrogen-bond acceptors (Lipinski definition) is 3. The first-order chi connectivity index (χ1) is 8.21. The second-order valence-electron chi connectivity index (χ2n) is 4.11. The molecule has 0 aliphatic heterocycles. The molecule has 17 heavy (non-hydrogen) atoms. The van der Waals surface area contributed by atoms with Crippen molar-refractivity contribution in [3.63, 3.8) is 0 Å². The summed E-state index contributed by atoms with van der Waals surface area (Å²) < 4.78 is 10.8. The molecule has 0 heterocycles. The van der Waals surface area contributed by atoms with Gasteiger partial charge in [-0.2, -0.15) is 0 Å². The lowest BCUT2D eigenvalue weighted by molar-refractivity contribution is 0.310. The molecule has 0 aromatic heterocycles. The van der Waals surface area contributed by atoms with Gasteiger partial charge in [0.15, 0.2) is 11.5 Å². The summed E-state index contributed by atoms with van der Waals surface area (Å²) in [6.07, 6.45) is 1.13. The maximum atomic E-state index is 5.48. The van der Waals surface area contributed by atoms with Crippen molar-refractivity contribution in [1.29, 1.82) is 0 Å². The van der Waals surface area contributed by atoms with Crippen LogP contribution in [0.3, 0.4) is 0 Å². The van der Waals surface area contributed by atoms with Gasteiger partial charge in [0, 0.05) is 12.6 Å². The first kappa shape index (κ1) is 13.8. The fraction of sp³-hybridized carbons (Fsp3) is 0.571. The van der Waals surface area contributed by atoms with Gasteiger partial charge in [-0.05, 0) is 38.0 Å². The van der Waals surface area contributed by atoms with Crippen LogP contribution in [0.15, 0.2) is 18.2 Å². The van der Waals surface area contributed by atoms with Crippen LogP contribution >= 0.6 is 0 Å². The summed E-state index contributed by atoms with van der Waals surface area (Å²) in [5.74, 6) is 1.61. The van der Waals surface area contributed by atoms with Crippen LogP contribution in [-0.4, -0.2) is 19.8 Å². The summed E-state index contributed by atoms with van der Waals surface area (Å²) >= 11 is 0. The highest BCUT2D eigenvalue weighted by Crippen LogP contribution is 2.27. The molecule has 96 valence electrons. The summed E-state index contributed by atoms with van der Waals surface area (Å²) in [4.78, 5) is 0. The predicted molar refractivity (Wildman–Crippen MR) is 70.8 cm³/mol. The molecular weight excluding hydrogens is 214 g/mol. The van der Waals surface area contributed by atoms with E-state index in [9.17, 15) is 0 Å². The molecule has 0 radical (unpaired) electrons. The first-order valence-electron chi connectivity index (χ1n) is 6.24. The standard InChI is InChI=1S/C14H23NO2/c1-5-11(3)15-10-12-7-8-13(17-6-2)14(9-12)16-4/h7-9,11,15H,5-6,10H2,1-4H3/t11-/m1/s1. The fourth-order valence-electron chi connectivity index (χ4n) is 1.53. The quantitative estimate of drug-likeness (QED) is 0.791. The Labute approximate surface area is 104 Å². The zero-order valence-electron chi connectivity index (χ0n) is 11.2. The van der Waals surface area contributed by atoms with Gasteiger partial charge in [0.25, 0.3) is 0 Å². The van der Waals surface area contributed by atoms with Crippen LogP contribution in [0, 0.1) is 0 Å². The zero-order chi connectivity index (χ0) is 12.7. The second kappa shape index (κ2) is 7.17. The number of rotatable bonds is 7. The Morgan fingerprint density at radius 1 is 1.24 bits per heavy atom. The van der Waals surface area contributed by atoms with Gasteiger partial charge in [-0.25, -0.2) is 0 Å². The van der Waals surface area contributed by atoms with Crippen LogP contribution in [0.2, 0.25) is 0 Å². The molecule has 1 rings (SSSR count). The largest absolute Gasteiger partial charge is 0.493 e. The van der Waals surface area contributed by atoms with E-state index < -0.39 is 0 Å². The molecule has 3 nitrogen and oxygen atoms in total. The Hall–Kier alpha value is -1.22. The smallest absolute Gasteiger partial charge is 0.161 e. The number of ether oxygens (including phenoxy) is 2. The minimum atomic E-state index is 0.535. The monoisotopic (exact) mass is 237 g/mol. The van der Waals surface area contributed by atoms with Crippen molar-refractivity contribution in [2.24, 2.45) is 0 Å². The Bertz CT molecular complexity index is 339. The van der Waals surface area contributed by atoms with E-state index in [-0.39, 0.29) is 0 Å². The minimum Gasteiger partial charge on any atom is -0.493 e. The van der Waals surface area contributed by atoms with Crippen molar-refractivity contribution in [1.82, 2.24) is 5.32 Å². The molecule has 0 saturated carbocycles. The topological polar surface area (TPSA) is 30.5 Å². The molecule has 0 bridgehead atoms. The average molecular weight is 237 g/mol.